The quantitative estimate of drug-likeness (QED) is 0.601. The summed E-state index contributed by atoms with van der Waals surface area (Å²) < 4.78 is 1.76. The number of tetrazole rings is 1. The summed E-state index contributed by atoms with van der Waals surface area (Å²) in [4.78, 5) is 1.43. The number of aryl methyl sites for hydroxylation is 1. The van der Waals surface area contributed by atoms with Gasteiger partial charge in [-0.05, 0) is 17.3 Å². The molecular weight excluding hydrogens is 206 g/mol. The number of nitrogens with zero attached hydrogens (tertiary/aromatic N) is 7. The third-order valence-corrected chi connectivity index (χ3v) is 2.26. The molecule has 7 heteroatoms. The van der Waals surface area contributed by atoms with E-state index in [1.807, 2.05) is 24.3 Å². The summed E-state index contributed by atoms with van der Waals surface area (Å²) in [5.41, 5.74) is 1.83. The largest absolute Gasteiger partial charge is 0.237 e. The fourth-order valence-electron chi connectivity index (χ4n) is 1.55. The predicted molar refractivity (Wildman–Crippen MR) is 55.4 cm³/mol. The third kappa shape index (κ3) is 1.42. The summed E-state index contributed by atoms with van der Waals surface area (Å²) in [7, 11) is 1.73. The number of benzene rings is 1. The zero-order valence-electron chi connectivity index (χ0n) is 8.65. The molecule has 0 aliphatic heterocycles. The molecule has 0 spiro atoms. The molecule has 0 atom stereocenters. The lowest BCUT2D eigenvalue weighted by Crippen LogP contribution is -2.04. The van der Waals surface area contributed by atoms with E-state index in [-0.39, 0.29) is 0 Å². The lowest BCUT2D eigenvalue weighted by Gasteiger charge is -1.96. The van der Waals surface area contributed by atoms with Crippen LogP contribution >= 0.6 is 0 Å². The number of aromatic nitrogens is 7. The number of para-hydroxylation sites is 1. The van der Waals surface area contributed by atoms with Crippen molar-refractivity contribution in [1.29, 1.82) is 0 Å². The Labute approximate surface area is 90.7 Å². The Kier molecular flexibility index (Phi) is 1.89. The molecular formula is C9H9N7. The zero-order valence-corrected chi connectivity index (χ0v) is 8.65. The van der Waals surface area contributed by atoms with E-state index in [2.05, 4.69) is 25.7 Å². The Balaban J connectivity index is 2.00. The van der Waals surface area contributed by atoms with Crippen LogP contribution in [-0.2, 0) is 13.6 Å². The van der Waals surface area contributed by atoms with Crippen molar-refractivity contribution in [2.45, 2.75) is 6.54 Å². The predicted octanol–water partition coefficient (Wildman–Crippen LogP) is 0.00310. The molecule has 0 N–H and O–H groups in total. The topological polar surface area (TPSA) is 74.3 Å². The van der Waals surface area contributed by atoms with E-state index >= 15 is 0 Å². The van der Waals surface area contributed by atoms with E-state index in [1.165, 1.54) is 4.80 Å². The summed E-state index contributed by atoms with van der Waals surface area (Å²) in [5, 5.41) is 19.9. The third-order valence-electron chi connectivity index (χ3n) is 2.26. The average Bonchev–Trinajstić information content (AvgIpc) is 2.87. The van der Waals surface area contributed by atoms with Crippen LogP contribution in [-0.4, -0.2) is 35.2 Å². The minimum Gasteiger partial charge on any atom is -0.237 e. The molecule has 3 aromatic rings. The molecule has 0 aliphatic rings. The summed E-state index contributed by atoms with van der Waals surface area (Å²) in [6.45, 7) is 0.481. The van der Waals surface area contributed by atoms with E-state index < -0.39 is 0 Å². The second-order valence-corrected chi connectivity index (χ2v) is 3.43. The number of hydrogen-bond donors (Lipinski definition) is 0. The second kappa shape index (κ2) is 3.37. The fraction of sp³-hybridized carbons (Fsp3) is 0.222. The van der Waals surface area contributed by atoms with Gasteiger partial charge in [-0.2, -0.15) is 4.80 Å². The van der Waals surface area contributed by atoms with Crippen molar-refractivity contribution in [1.82, 2.24) is 35.2 Å². The van der Waals surface area contributed by atoms with Gasteiger partial charge in [0, 0.05) is 0 Å². The highest BCUT2D eigenvalue weighted by Gasteiger charge is 2.06. The normalized spacial score (nSPS) is 11.1. The highest BCUT2D eigenvalue weighted by molar-refractivity contribution is 5.73. The van der Waals surface area contributed by atoms with Gasteiger partial charge in [0.2, 0.25) is 0 Å². The van der Waals surface area contributed by atoms with Crippen LogP contribution in [0, 0.1) is 0 Å². The maximum Gasteiger partial charge on any atom is 0.196 e. The van der Waals surface area contributed by atoms with Gasteiger partial charge in [-0.15, -0.1) is 15.3 Å². The molecule has 7 nitrogen and oxygen atoms in total. The lowest BCUT2D eigenvalue weighted by molar-refractivity contribution is 0.615. The Morgan fingerprint density at radius 3 is 2.81 bits per heavy atom. The molecule has 0 radical (unpaired) electrons. The van der Waals surface area contributed by atoms with Crippen molar-refractivity contribution in [3.8, 4) is 0 Å². The van der Waals surface area contributed by atoms with Gasteiger partial charge in [-0.25, -0.2) is 4.68 Å². The minimum atomic E-state index is 0.481. The Morgan fingerprint density at radius 1 is 1.12 bits per heavy atom. The number of rotatable bonds is 2. The van der Waals surface area contributed by atoms with Gasteiger partial charge in [0.15, 0.2) is 5.82 Å². The van der Waals surface area contributed by atoms with E-state index in [0.29, 0.717) is 12.4 Å². The van der Waals surface area contributed by atoms with Gasteiger partial charge in [0.25, 0.3) is 0 Å². The van der Waals surface area contributed by atoms with Crippen molar-refractivity contribution in [3.05, 3.63) is 30.1 Å². The molecule has 0 bridgehead atoms. The first-order valence-electron chi connectivity index (χ1n) is 4.84. The van der Waals surface area contributed by atoms with Gasteiger partial charge >= 0.3 is 0 Å². The van der Waals surface area contributed by atoms with Gasteiger partial charge in [-0.3, -0.25) is 0 Å². The highest BCUT2D eigenvalue weighted by Crippen LogP contribution is 2.10. The van der Waals surface area contributed by atoms with Crippen LogP contribution < -0.4 is 0 Å². The van der Waals surface area contributed by atoms with E-state index in [9.17, 15) is 0 Å². The zero-order chi connectivity index (χ0) is 11.0. The van der Waals surface area contributed by atoms with Crippen molar-refractivity contribution >= 4 is 11.0 Å². The Bertz CT molecular complexity index is 623. The molecule has 0 saturated carbocycles. The van der Waals surface area contributed by atoms with Crippen LogP contribution in [0.3, 0.4) is 0 Å². The van der Waals surface area contributed by atoms with E-state index in [1.54, 1.807) is 11.7 Å². The van der Waals surface area contributed by atoms with Gasteiger partial charge in [0.05, 0.1) is 12.6 Å². The van der Waals surface area contributed by atoms with Gasteiger partial charge < -0.3 is 0 Å². The SMILES string of the molecule is Cn1nnc(Cn2nnc3ccccc32)n1. The van der Waals surface area contributed by atoms with Crippen molar-refractivity contribution < 1.29 is 0 Å². The Morgan fingerprint density at radius 2 is 2.00 bits per heavy atom. The maximum atomic E-state index is 4.10. The van der Waals surface area contributed by atoms with Gasteiger partial charge in [0.1, 0.15) is 12.1 Å². The first-order chi connectivity index (χ1) is 7.83. The van der Waals surface area contributed by atoms with Gasteiger partial charge in [-0.1, -0.05) is 17.3 Å². The van der Waals surface area contributed by atoms with Crippen LogP contribution in [0.4, 0.5) is 0 Å². The summed E-state index contributed by atoms with van der Waals surface area (Å²) in [6, 6.07) is 7.77. The first kappa shape index (κ1) is 8.96. The second-order valence-electron chi connectivity index (χ2n) is 3.43. The molecule has 2 heterocycles. The molecule has 2 aromatic heterocycles. The van der Waals surface area contributed by atoms with Crippen LogP contribution in [0.25, 0.3) is 11.0 Å². The first-order valence-corrected chi connectivity index (χ1v) is 4.84. The minimum absolute atomic E-state index is 0.481. The monoisotopic (exact) mass is 215 g/mol. The van der Waals surface area contributed by atoms with Crippen LogP contribution in [0.2, 0.25) is 0 Å². The highest BCUT2D eigenvalue weighted by atomic mass is 15.6. The van der Waals surface area contributed by atoms with Crippen molar-refractivity contribution in [3.63, 3.8) is 0 Å². The smallest absolute Gasteiger partial charge is 0.196 e. The summed E-state index contributed by atoms with van der Waals surface area (Å²) in [5.74, 6) is 0.623. The molecule has 0 saturated heterocycles. The Hall–Kier alpha value is -2.31. The maximum absolute atomic E-state index is 4.10. The molecule has 0 aliphatic carbocycles. The van der Waals surface area contributed by atoms with Crippen molar-refractivity contribution in [2.75, 3.05) is 0 Å². The van der Waals surface area contributed by atoms with E-state index in [0.717, 1.165) is 11.0 Å². The van der Waals surface area contributed by atoms with E-state index in [4.69, 9.17) is 0 Å². The molecule has 1 aromatic carbocycles. The summed E-state index contributed by atoms with van der Waals surface area (Å²) >= 11 is 0. The standard InChI is InChI=1S/C9H9N7/c1-15-12-9(11-13-15)6-16-8-5-3-2-4-7(8)10-14-16/h2-5H,6H2,1H3. The molecule has 0 unspecified atom stereocenters. The fourth-order valence-corrected chi connectivity index (χ4v) is 1.55. The number of fused-ring (bicyclic) bond motifs is 1. The van der Waals surface area contributed by atoms with Crippen LogP contribution in [0.15, 0.2) is 24.3 Å². The van der Waals surface area contributed by atoms with Crippen molar-refractivity contribution in [2.24, 2.45) is 7.05 Å². The molecule has 0 fully saturated rings. The number of hydrogen-bond acceptors (Lipinski definition) is 5. The molecule has 3 rings (SSSR count). The lowest BCUT2D eigenvalue weighted by atomic mass is 10.3. The molecule has 16 heavy (non-hydrogen) atoms. The molecule has 80 valence electrons. The van der Waals surface area contributed by atoms with Crippen LogP contribution in [0.1, 0.15) is 5.82 Å². The average molecular weight is 215 g/mol. The molecule has 0 amide bonds. The summed E-state index contributed by atoms with van der Waals surface area (Å²) in [6.07, 6.45) is 0. The van der Waals surface area contributed by atoms with Crippen LogP contribution in [0.5, 0.6) is 0 Å².